The minimum atomic E-state index is -0.306. The van der Waals surface area contributed by atoms with Crippen molar-refractivity contribution in [3.8, 4) is 0 Å². The third-order valence-corrected chi connectivity index (χ3v) is 6.20. The number of carbonyl (C=O) groups excluding carboxylic acids is 2. The summed E-state index contributed by atoms with van der Waals surface area (Å²) in [6, 6.07) is 16.5. The van der Waals surface area contributed by atoms with E-state index in [1.165, 1.54) is 23.1 Å². The third-order valence-electron chi connectivity index (χ3n) is 3.88. The standard InChI is InChI=1S/C20H18N2O2S2/c1-12-8-10-14(11-9-12)22-19(24)15-16(21)18(26-20(15)25-2)17(23)13-6-4-3-5-7-13/h3-11H,21H2,1-2H3,(H,22,24). The molecule has 132 valence electrons. The molecule has 0 bridgehead atoms. The molecule has 0 spiro atoms. The van der Waals surface area contributed by atoms with E-state index in [9.17, 15) is 9.59 Å². The lowest BCUT2D eigenvalue weighted by molar-refractivity contribution is 0.102. The second-order valence-electron chi connectivity index (χ2n) is 5.73. The Balaban J connectivity index is 1.94. The maximum Gasteiger partial charge on any atom is 0.259 e. The lowest BCUT2D eigenvalue weighted by Crippen LogP contribution is -2.14. The van der Waals surface area contributed by atoms with Gasteiger partial charge in [0, 0.05) is 11.3 Å². The lowest BCUT2D eigenvalue weighted by atomic mass is 10.1. The lowest BCUT2D eigenvalue weighted by Gasteiger charge is -2.07. The van der Waals surface area contributed by atoms with Crippen LogP contribution in [0.4, 0.5) is 11.4 Å². The van der Waals surface area contributed by atoms with Gasteiger partial charge in [-0.1, -0.05) is 48.0 Å². The van der Waals surface area contributed by atoms with Crippen molar-refractivity contribution in [3.63, 3.8) is 0 Å². The molecule has 2 aromatic carbocycles. The van der Waals surface area contributed by atoms with Crippen molar-refractivity contribution in [1.82, 2.24) is 0 Å². The predicted octanol–water partition coefficient (Wildman–Crippen LogP) is 4.84. The molecule has 26 heavy (non-hydrogen) atoms. The maximum atomic E-state index is 12.8. The molecule has 3 rings (SSSR count). The molecule has 0 atom stereocenters. The van der Waals surface area contributed by atoms with E-state index in [0.29, 0.717) is 21.7 Å². The number of nitrogens with two attached hydrogens (primary N) is 1. The fraction of sp³-hybridized carbons (Fsp3) is 0.100. The van der Waals surface area contributed by atoms with Gasteiger partial charge in [0.1, 0.15) is 0 Å². The highest BCUT2D eigenvalue weighted by Gasteiger charge is 2.25. The van der Waals surface area contributed by atoms with E-state index in [1.54, 1.807) is 24.3 Å². The molecule has 0 aliphatic rings. The summed E-state index contributed by atoms with van der Waals surface area (Å²) in [5.74, 6) is -0.475. The first-order valence-electron chi connectivity index (χ1n) is 7.95. The van der Waals surface area contributed by atoms with Gasteiger partial charge in [-0.3, -0.25) is 9.59 Å². The van der Waals surface area contributed by atoms with Crippen molar-refractivity contribution in [3.05, 3.63) is 76.2 Å². The minimum absolute atomic E-state index is 0.169. The summed E-state index contributed by atoms with van der Waals surface area (Å²) in [4.78, 5) is 25.9. The molecule has 0 radical (unpaired) electrons. The smallest absolute Gasteiger partial charge is 0.259 e. The summed E-state index contributed by atoms with van der Waals surface area (Å²) in [5, 5.41) is 2.86. The summed E-state index contributed by atoms with van der Waals surface area (Å²) in [6.45, 7) is 1.98. The Morgan fingerprint density at radius 1 is 1.04 bits per heavy atom. The van der Waals surface area contributed by atoms with Crippen LogP contribution in [0.15, 0.2) is 58.8 Å². The van der Waals surface area contributed by atoms with Crippen LogP contribution in [0.5, 0.6) is 0 Å². The zero-order chi connectivity index (χ0) is 18.7. The Kier molecular flexibility index (Phi) is 5.44. The fourth-order valence-corrected chi connectivity index (χ4v) is 4.40. The molecule has 4 nitrogen and oxygen atoms in total. The highest BCUT2D eigenvalue weighted by Crippen LogP contribution is 2.38. The zero-order valence-corrected chi connectivity index (χ0v) is 16.0. The number of thioether (sulfide) groups is 1. The molecule has 3 aromatic rings. The zero-order valence-electron chi connectivity index (χ0n) is 14.4. The average Bonchev–Trinajstić information content (AvgIpc) is 3.00. The first-order chi connectivity index (χ1) is 12.5. The highest BCUT2D eigenvalue weighted by molar-refractivity contribution is 8.00. The van der Waals surface area contributed by atoms with E-state index in [1.807, 2.05) is 43.5 Å². The second-order valence-corrected chi connectivity index (χ2v) is 7.82. The van der Waals surface area contributed by atoms with Gasteiger partial charge in [-0.25, -0.2) is 0 Å². The Bertz CT molecular complexity index is 948. The summed E-state index contributed by atoms with van der Waals surface area (Å²) in [6.07, 6.45) is 1.87. The van der Waals surface area contributed by atoms with Crippen molar-refractivity contribution in [2.24, 2.45) is 0 Å². The fourth-order valence-electron chi connectivity index (χ4n) is 2.50. The van der Waals surface area contributed by atoms with Gasteiger partial charge in [0.15, 0.2) is 0 Å². The van der Waals surface area contributed by atoms with E-state index < -0.39 is 0 Å². The molecule has 0 unspecified atom stereocenters. The van der Waals surface area contributed by atoms with Crippen molar-refractivity contribution in [2.75, 3.05) is 17.3 Å². The van der Waals surface area contributed by atoms with Gasteiger partial charge < -0.3 is 11.1 Å². The summed E-state index contributed by atoms with van der Waals surface area (Å²) < 4.78 is 0.728. The number of nitrogens with one attached hydrogen (secondary N) is 1. The summed E-state index contributed by atoms with van der Waals surface area (Å²) in [7, 11) is 0. The van der Waals surface area contributed by atoms with Crippen molar-refractivity contribution < 1.29 is 9.59 Å². The number of nitrogen functional groups attached to an aromatic ring is 1. The molecular weight excluding hydrogens is 364 g/mol. The number of thiophene rings is 1. The maximum absolute atomic E-state index is 12.8. The van der Waals surface area contributed by atoms with Crippen LogP contribution in [-0.2, 0) is 0 Å². The molecule has 6 heteroatoms. The van der Waals surface area contributed by atoms with Crippen molar-refractivity contribution >= 4 is 46.2 Å². The van der Waals surface area contributed by atoms with Crippen LogP contribution in [0.25, 0.3) is 0 Å². The van der Waals surface area contributed by atoms with Gasteiger partial charge in [-0.05, 0) is 25.3 Å². The van der Waals surface area contributed by atoms with Crippen LogP contribution in [0.2, 0.25) is 0 Å². The molecule has 0 saturated heterocycles. The van der Waals surface area contributed by atoms with E-state index in [-0.39, 0.29) is 17.4 Å². The quantitative estimate of drug-likeness (QED) is 0.489. The Labute approximate surface area is 160 Å². The number of benzene rings is 2. The van der Waals surface area contributed by atoms with E-state index in [4.69, 9.17) is 5.73 Å². The molecule has 1 heterocycles. The van der Waals surface area contributed by atoms with Gasteiger partial charge in [-0.15, -0.1) is 23.1 Å². The van der Waals surface area contributed by atoms with Crippen LogP contribution >= 0.6 is 23.1 Å². The van der Waals surface area contributed by atoms with Gasteiger partial charge in [0.2, 0.25) is 5.78 Å². The number of amides is 1. The molecule has 1 amide bonds. The molecule has 1 aromatic heterocycles. The largest absolute Gasteiger partial charge is 0.397 e. The number of hydrogen-bond acceptors (Lipinski definition) is 5. The summed E-state index contributed by atoms with van der Waals surface area (Å²) >= 11 is 2.67. The Morgan fingerprint density at radius 2 is 1.69 bits per heavy atom. The average molecular weight is 383 g/mol. The van der Waals surface area contributed by atoms with Crippen LogP contribution in [0, 0.1) is 6.92 Å². The van der Waals surface area contributed by atoms with Crippen molar-refractivity contribution in [1.29, 1.82) is 0 Å². The van der Waals surface area contributed by atoms with E-state index in [0.717, 1.165) is 9.77 Å². The first-order valence-corrected chi connectivity index (χ1v) is 9.99. The number of aryl methyl sites for hydroxylation is 1. The third kappa shape index (κ3) is 3.66. The number of ketones is 1. The van der Waals surface area contributed by atoms with Gasteiger partial charge in [0.25, 0.3) is 5.91 Å². The number of anilines is 2. The normalized spacial score (nSPS) is 10.5. The van der Waals surface area contributed by atoms with Gasteiger partial charge in [0.05, 0.1) is 20.3 Å². The molecule has 0 fully saturated rings. The summed E-state index contributed by atoms with van der Waals surface area (Å²) in [5.41, 5.74) is 9.16. The van der Waals surface area contributed by atoms with Crippen molar-refractivity contribution in [2.45, 2.75) is 11.1 Å². The molecule has 0 aliphatic heterocycles. The molecule has 3 N–H and O–H groups in total. The molecule has 0 saturated carbocycles. The number of carbonyl (C=O) groups is 2. The second kappa shape index (κ2) is 7.76. The molecule has 0 aliphatic carbocycles. The van der Waals surface area contributed by atoms with E-state index >= 15 is 0 Å². The minimum Gasteiger partial charge on any atom is -0.397 e. The molecular formula is C20H18N2O2S2. The van der Waals surface area contributed by atoms with Crippen LogP contribution < -0.4 is 11.1 Å². The van der Waals surface area contributed by atoms with Gasteiger partial charge >= 0.3 is 0 Å². The SMILES string of the molecule is CSc1sc(C(=O)c2ccccc2)c(N)c1C(=O)Nc1ccc(C)cc1. The van der Waals surface area contributed by atoms with Crippen LogP contribution in [0.1, 0.15) is 31.2 Å². The highest BCUT2D eigenvalue weighted by atomic mass is 32.2. The number of rotatable bonds is 5. The van der Waals surface area contributed by atoms with Crippen LogP contribution in [-0.4, -0.2) is 17.9 Å². The number of hydrogen-bond donors (Lipinski definition) is 2. The Morgan fingerprint density at radius 3 is 2.31 bits per heavy atom. The van der Waals surface area contributed by atoms with Crippen LogP contribution in [0.3, 0.4) is 0 Å². The van der Waals surface area contributed by atoms with E-state index in [2.05, 4.69) is 5.32 Å². The van der Waals surface area contributed by atoms with Gasteiger partial charge in [-0.2, -0.15) is 0 Å². The topological polar surface area (TPSA) is 72.2 Å². The predicted molar refractivity (Wildman–Crippen MR) is 110 cm³/mol. The first kappa shape index (κ1) is 18.2. The monoisotopic (exact) mass is 382 g/mol. The Hall–Kier alpha value is -2.57.